The first kappa shape index (κ1) is 22.5. The highest BCUT2D eigenvalue weighted by atomic mass is 16.6. The molecule has 0 heterocycles. The maximum absolute atomic E-state index is 12.6. The van der Waals surface area contributed by atoms with Crippen molar-refractivity contribution in [1.29, 1.82) is 0 Å². The molecule has 0 fully saturated rings. The van der Waals surface area contributed by atoms with E-state index in [0.29, 0.717) is 5.75 Å². The van der Waals surface area contributed by atoms with Crippen molar-refractivity contribution in [1.82, 2.24) is 0 Å². The maximum Gasteiger partial charge on any atom is 0.312 e. The molecule has 0 atom stereocenters. The van der Waals surface area contributed by atoms with Crippen LogP contribution in [0.5, 0.6) is 5.75 Å². The smallest absolute Gasteiger partial charge is 0.312 e. The average Bonchev–Trinajstić information content (AvgIpc) is 2.44. The van der Waals surface area contributed by atoms with Gasteiger partial charge in [-0.3, -0.25) is 4.79 Å². The lowest BCUT2D eigenvalue weighted by atomic mass is 9.76. The molecule has 3 nitrogen and oxygen atoms in total. The van der Waals surface area contributed by atoms with Crippen LogP contribution in [-0.2, 0) is 26.0 Å². The van der Waals surface area contributed by atoms with Crippen molar-refractivity contribution in [2.75, 3.05) is 0 Å². The van der Waals surface area contributed by atoms with Crippen LogP contribution in [0.15, 0.2) is 12.1 Å². The molecule has 0 saturated carbocycles. The molecule has 0 aromatic heterocycles. The second-order valence-electron chi connectivity index (χ2n) is 10.6. The average molecular weight is 363 g/mol. The summed E-state index contributed by atoms with van der Waals surface area (Å²) < 4.78 is 5.93. The van der Waals surface area contributed by atoms with Gasteiger partial charge in [0.1, 0.15) is 11.4 Å². The second-order valence-corrected chi connectivity index (χ2v) is 10.6. The molecule has 1 aromatic carbocycles. The Morgan fingerprint density at radius 2 is 1.27 bits per heavy atom. The fourth-order valence-electron chi connectivity index (χ4n) is 2.70. The van der Waals surface area contributed by atoms with Crippen LogP contribution in [0.2, 0.25) is 0 Å². The largest absolute Gasteiger partial charge is 0.507 e. The molecular formula is C23H38O3. The quantitative estimate of drug-likeness (QED) is 0.648. The zero-order valence-electron chi connectivity index (χ0n) is 18.6. The Hall–Kier alpha value is -1.51. The van der Waals surface area contributed by atoms with E-state index in [9.17, 15) is 9.90 Å². The first-order valence-electron chi connectivity index (χ1n) is 9.55. The number of carbonyl (C=O) groups excluding carboxylic acids is 1. The number of hydrogen-bond donors (Lipinski definition) is 1. The van der Waals surface area contributed by atoms with E-state index in [0.717, 1.165) is 23.1 Å². The lowest BCUT2D eigenvalue weighted by molar-refractivity contribution is -0.168. The van der Waals surface area contributed by atoms with Crippen LogP contribution in [0.1, 0.15) is 99.3 Å². The molecule has 0 unspecified atom stereocenters. The molecule has 148 valence electrons. The summed E-state index contributed by atoms with van der Waals surface area (Å²) in [6.45, 7) is 22.1. The minimum absolute atomic E-state index is 0.201. The van der Waals surface area contributed by atoms with Gasteiger partial charge in [-0.25, -0.2) is 0 Å². The summed E-state index contributed by atoms with van der Waals surface area (Å²) in [7, 11) is 0. The molecule has 0 amide bonds. The van der Waals surface area contributed by atoms with Gasteiger partial charge < -0.3 is 9.84 Å². The molecule has 0 aliphatic carbocycles. The van der Waals surface area contributed by atoms with Gasteiger partial charge in [-0.2, -0.15) is 0 Å². The summed E-state index contributed by atoms with van der Waals surface area (Å²) in [5.41, 5.74) is 0.916. The van der Waals surface area contributed by atoms with Gasteiger partial charge in [-0.05, 0) is 73.8 Å². The van der Waals surface area contributed by atoms with E-state index >= 15 is 0 Å². The SMILES string of the molecule is CCC(C)(C)C(=O)OC(C)(C)c1cc(C(C)(C)C)c(O)c(C(C)(C)C)c1. The highest BCUT2D eigenvalue weighted by molar-refractivity contribution is 5.76. The Kier molecular flexibility index (Phi) is 5.98. The number of hydrogen-bond acceptors (Lipinski definition) is 3. The number of phenols is 1. The zero-order chi connectivity index (χ0) is 20.7. The normalized spacial score (nSPS) is 13.7. The molecular weight excluding hydrogens is 324 g/mol. The maximum atomic E-state index is 12.6. The van der Waals surface area contributed by atoms with E-state index < -0.39 is 11.0 Å². The Balaban J connectivity index is 3.54. The number of esters is 1. The van der Waals surface area contributed by atoms with E-state index in [4.69, 9.17) is 4.74 Å². The van der Waals surface area contributed by atoms with Crippen LogP contribution in [0, 0.1) is 5.41 Å². The standard InChI is InChI=1S/C23H38O3/c1-12-22(8,9)19(25)26-23(10,11)15-13-16(20(2,3)4)18(24)17(14-15)21(5,6)7/h13-14,24H,12H2,1-11H3. The Morgan fingerprint density at radius 3 is 1.58 bits per heavy atom. The van der Waals surface area contributed by atoms with E-state index in [2.05, 4.69) is 41.5 Å². The molecule has 0 aliphatic heterocycles. The van der Waals surface area contributed by atoms with E-state index in [1.54, 1.807) is 0 Å². The number of aromatic hydroxyl groups is 1. The van der Waals surface area contributed by atoms with E-state index in [1.807, 2.05) is 46.8 Å². The summed E-state index contributed by atoms with van der Waals surface area (Å²) in [4.78, 5) is 12.6. The van der Waals surface area contributed by atoms with Crippen molar-refractivity contribution in [3.8, 4) is 5.75 Å². The highest BCUT2D eigenvalue weighted by Crippen LogP contribution is 2.42. The second kappa shape index (κ2) is 6.90. The van der Waals surface area contributed by atoms with Crippen LogP contribution in [0.25, 0.3) is 0 Å². The van der Waals surface area contributed by atoms with Crippen LogP contribution in [-0.4, -0.2) is 11.1 Å². The molecule has 0 bridgehead atoms. The fourth-order valence-corrected chi connectivity index (χ4v) is 2.70. The lowest BCUT2D eigenvalue weighted by Crippen LogP contribution is -2.34. The predicted octanol–water partition coefficient (Wildman–Crippen LogP) is 6.20. The molecule has 1 rings (SSSR count). The van der Waals surface area contributed by atoms with Crippen molar-refractivity contribution in [2.45, 2.75) is 99.0 Å². The van der Waals surface area contributed by atoms with Crippen LogP contribution in [0.3, 0.4) is 0 Å². The van der Waals surface area contributed by atoms with Crippen molar-refractivity contribution >= 4 is 5.97 Å². The van der Waals surface area contributed by atoms with Crippen molar-refractivity contribution in [3.05, 3.63) is 28.8 Å². The van der Waals surface area contributed by atoms with Crippen molar-refractivity contribution in [3.63, 3.8) is 0 Å². The van der Waals surface area contributed by atoms with Gasteiger partial charge in [-0.15, -0.1) is 0 Å². The third-order valence-electron chi connectivity index (χ3n) is 5.21. The predicted molar refractivity (Wildman–Crippen MR) is 109 cm³/mol. The number of rotatable bonds is 4. The van der Waals surface area contributed by atoms with Crippen molar-refractivity contribution < 1.29 is 14.6 Å². The molecule has 3 heteroatoms. The monoisotopic (exact) mass is 362 g/mol. The van der Waals surface area contributed by atoms with Crippen molar-refractivity contribution in [2.24, 2.45) is 5.41 Å². The minimum Gasteiger partial charge on any atom is -0.507 e. The van der Waals surface area contributed by atoms with Gasteiger partial charge in [0, 0.05) is 0 Å². The summed E-state index contributed by atoms with van der Waals surface area (Å²) in [6, 6.07) is 3.97. The molecule has 0 aliphatic rings. The van der Waals surface area contributed by atoms with Gasteiger partial charge >= 0.3 is 5.97 Å². The van der Waals surface area contributed by atoms with Crippen LogP contribution < -0.4 is 0 Å². The molecule has 0 spiro atoms. The Labute approximate surface area is 160 Å². The first-order chi connectivity index (χ1) is 11.4. The number of phenolic OH excluding ortho intramolecular Hbond substituents is 1. The van der Waals surface area contributed by atoms with Crippen LogP contribution >= 0.6 is 0 Å². The third kappa shape index (κ3) is 4.81. The molecule has 1 N–H and O–H groups in total. The minimum atomic E-state index is -0.781. The molecule has 0 radical (unpaired) electrons. The number of ether oxygens (including phenoxy) is 1. The third-order valence-corrected chi connectivity index (χ3v) is 5.21. The van der Waals surface area contributed by atoms with Crippen LogP contribution in [0.4, 0.5) is 0 Å². The Morgan fingerprint density at radius 1 is 0.885 bits per heavy atom. The zero-order valence-corrected chi connectivity index (χ0v) is 18.6. The van der Waals surface area contributed by atoms with Gasteiger partial charge in [0.25, 0.3) is 0 Å². The molecule has 26 heavy (non-hydrogen) atoms. The van der Waals surface area contributed by atoms with E-state index in [1.165, 1.54) is 0 Å². The summed E-state index contributed by atoms with van der Waals surface area (Å²) >= 11 is 0. The van der Waals surface area contributed by atoms with E-state index in [-0.39, 0.29) is 16.8 Å². The fraction of sp³-hybridized carbons (Fsp3) is 0.696. The highest BCUT2D eigenvalue weighted by Gasteiger charge is 2.36. The Bertz CT molecular complexity index is 633. The summed E-state index contributed by atoms with van der Waals surface area (Å²) in [6.07, 6.45) is 0.720. The van der Waals surface area contributed by atoms with Gasteiger partial charge in [-0.1, -0.05) is 48.5 Å². The van der Waals surface area contributed by atoms with Gasteiger partial charge in [0.2, 0.25) is 0 Å². The summed E-state index contributed by atoms with van der Waals surface area (Å²) in [5.74, 6) is 0.137. The number of benzene rings is 1. The number of carbonyl (C=O) groups is 1. The molecule has 0 saturated heterocycles. The lowest BCUT2D eigenvalue weighted by Gasteiger charge is -2.34. The first-order valence-corrected chi connectivity index (χ1v) is 9.55. The molecule has 1 aromatic rings. The summed E-state index contributed by atoms with van der Waals surface area (Å²) in [5, 5.41) is 10.9. The van der Waals surface area contributed by atoms with Gasteiger partial charge in [0.05, 0.1) is 5.41 Å². The topological polar surface area (TPSA) is 46.5 Å². The van der Waals surface area contributed by atoms with Gasteiger partial charge in [0.15, 0.2) is 0 Å².